The predicted molar refractivity (Wildman–Crippen MR) is 87.9 cm³/mol. The maximum absolute atomic E-state index is 12.4. The van der Waals surface area contributed by atoms with E-state index in [1.54, 1.807) is 36.5 Å². The molecule has 1 fully saturated rings. The second-order valence-corrected chi connectivity index (χ2v) is 6.62. The first kappa shape index (κ1) is 15.0. The molecule has 2 aromatic rings. The number of pyridine rings is 1. The van der Waals surface area contributed by atoms with E-state index in [1.165, 1.54) is 0 Å². The molecule has 24 heavy (non-hydrogen) atoms. The van der Waals surface area contributed by atoms with E-state index >= 15 is 0 Å². The number of ether oxygens (including phenoxy) is 1. The van der Waals surface area contributed by atoms with Gasteiger partial charge in [-0.15, -0.1) is 0 Å². The fraction of sp³-hybridized carbons (Fsp3) is 0.368. The summed E-state index contributed by atoms with van der Waals surface area (Å²) in [6.07, 6.45) is 4.31. The Labute approximate surface area is 139 Å². The Morgan fingerprint density at radius 1 is 1.25 bits per heavy atom. The molecule has 2 aliphatic rings. The lowest BCUT2D eigenvalue weighted by Crippen LogP contribution is -2.52. The highest BCUT2D eigenvalue weighted by Crippen LogP contribution is 2.49. The lowest BCUT2D eigenvalue weighted by molar-refractivity contribution is -0.0714. The Hall–Kier alpha value is -2.58. The summed E-state index contributed by atoms with van der Waals surface area (Å²) >= 11 is 0. The average molecular weight is 322 g/mol. The maximum Gasteiger partial charge on any atom is 0.251 e. The summed E-state index contributed by atoms with van der Waals surface area (Å²) in [7, 11) is 0. The van der Waals surface area contributed by atoms with Gasteiger partial charge in [0.15, 0.2) is 0 Å². The Morgan fingerprint density at radius 2 is 2.04 bits per heavy atom. The molecule has 0 bridgehead atoms. The molecule has 0 radical (unpaired) electrons. The number of aromatic amines is 1. The lowest BCUT2D eigenvalue weighted by Gasteiger charge is -2.44. The monoisotopic (exact) mass is 322 g/mol. The van der Waals surface area contributed by atoms with E-state index in [4.69, 9.17) is 4.74 Å². The average Bonchev–Trinajstić information content (AvgIpc) is 3.06. The Morgan fingerprint density at radius 3 is 2.75 bits per heavy atom. The van der Waals surface area contributed by atoms with Gasteiger partial charge in [0.05, 0.1) is 11.6 Å². The van der Waals surface area contributed by atoms with Crippen LogP contribution in [0.1, 0.15) is 48.3 Å². The smallest absolute Gasteiger partial charge is 0.251 e. The van der Waals surface area contributed by atoms with Crippen LogP contribution >= 0.6 is 0 Å². The number of hydrogen-bond donors (Lipinski definition) is 2. The minimum Gasteiger partial charge on any atom is -0.484 e. The van der Waals surface area contributed by atoms with Gasteiger partial charge >= 0.3 is 0 Å². The number of aromatic nitrogens is 1. The summed E-state index contributed by atoms with van der Waals surface area (Å²) in [5.74, 6) is 0.166. The number of nitriles is 1. The number of aliphatic hydroxyl groups excluding tert-OH is 1. The lowest BCUT2D eigenvalue weighted by atomic mass is 9.75. The van der Waals surface area contributed by atoms with Gasteiger partial charge in [-0.25, -0.2) is 0 Å². The molecule has 1 aliphatic carbocycles. The Bertz CT molecular complexity index is 875. The molecule has 5 nitrogen and oxygen atoms in total. The number of rotatable bonds is 1. The third-order valence-corrected chi connectivity index (χ3v) is 5.28. The van der Waals surface area contributed by atoms with Crippen LogP contribution in [0.25, 0.3) is 0 Å². The van der Waals surface area contributed by atoms with Gasteiger partial charge in [-0.1, -0.05) is 6.07 Å². The molecule has 1 spiro atoms. The molecular weight excluding hydrogens is 304 g/mol. The van der Waals surface area contributed by atoms with E-state index < -0.39 is 17.6 Å². The molecule has 1 aliphatic heterocycles. The van der Waals surface area contributed by atoms with Crippen LogP contribution in [0.5, 0.6) is 5.75 Å². The topological polar surface area (TPSA) is 86.1 Å². The molecule has 2 N–H and O–H groups in total. The van der Waals surface area contributed by atoms with Gasteiger partial charge in [-0.2, -0.15) is 5.26 Å². The summed E-state index contributed by atoms with van der Waals surface area (Å²) < 4.78 is 6.21. The summed E-state index contributed by atoms with van der Waals surface area (Å²) in [6.45, 7) is 0. The van der Waals surface area contributed by atoms with Crippen molar-refractivity contribution in [2.24, 2.45) is 0 Å². The highest BCUT2D eigenvalue weighted by molar-refractivity contribution is 5.50. The number of nitrogens with one attached hydrogen (secondary N) is 1. The van der Waals surface area contributed by atoms with Gasteiger partial charge < -0.3 is 14.8 Å². The van der Waals surface area contributed by atoms with Crippen LogP contribution in [0.4, 0.5) is 0 Å². The molecule has 0 amide bonds. The minimum atomic E-state index is -0.815. The largest absolute Gasteiger partial charge is 0.484 e. The molecule has 4 rings (SSSR count). The first-order chi connectivity index (χ1) is 11.6. The van der Waals surface area contributed by atoms with Crippen molar-refractivity contribution < 1.29 is 9.84 Å². The van der Waals surface area contributed by atoms with Gasteiger partial charge in [0.1, 0.15) is 17.5 Å². The maximum atomic E-state index is 12.4. The molecule has 1 aromatic carbocycles. The van der Waals surface area contributed by atoms with Crippen molar-refractivity contribution >= 4 is 0 Å². The predicted octanol–water partition coefficient (Wildman–Crippen LogP) is 2.44. The van der Waals surface area contributed by atoms with Crippen molar-refractivity contribution in [1.82, 2.24) is 4.98 Å². The van der Waals surface area contributed by atoms with Crippen molar-refractivity contribution in [3.63, 3.8) is 0 Å². The third kappa shape index (κ3) is 2.15. The van der Waals surface area contributed by atoms with Gasteiger partial charge in [-0.05, 0) is 49.9 Å². The van der Waals surface area contributed by atoms with E-state index in [-0.39, 0.29) is 5.56 Å². The summed E-state index contributed by atoms with van der Waals surface area (Å²) in [6, 6.07) is 10.8. The van der Waals surface area contributed by atoms with Crippen molar-refractivity contribution in [3.05, 3.63) is 63.6 Å². The van der Waals surface area contributed by atoms with Crippen LogP contribution in [0.15, 0.2) is 41.3 Å². The summed E-state index contributed by atoms with van der Waals surface area (Å²) in [5.41, 5.74) is 0.842. The van der Waals surface area contributed by atoms with Crippen molar-refractivity contribution in [2.45, 2.75) is 43.3 Å². The Kier molecular flexibility index (Phi) is 3.43. The molecule has 5 heteroatoms. The third-order valence-electron chi connectivity index (χ3n) is 5.28. The quantitative estimate of drug-likeness (QED) is 0.844. The number of aliphatic hydroxyl groups is 1. The van der Waals surface area contributed by atoms with Crippen LogP contribution in [0.2, 0.25) is 0 Å². The van der Waals surface area contributed by atoms with Crippen molar-refractivity contribution in [2.75, 3.05) is 0 Å². The molecular formula is C19H18N2O3. The zero-order valence-corrected chi connectivity index (χ0v) is 13.2. The minimum absolute atomic E-state index is 0.218. The molecule has 1 aromatic heterocycles. The summed E-state index contributed by atoms with van der Waals surface area (Å²) in [5, 5.41) is 20.3. The van der Waals surface area contributed by atoms with E-state index in [9.17, 15) is 15.2 Å². The fourth-order valence-electron chi connectivity index (χ4n) is 4.10. The number of nitrogens with zero attached hydrogens (tertiary/aromatic N) is 1. The molecule has 2 heterocycles. The number of H-pyrrole nitrogens is 1. The molecule has 0 saturated heterocycles. The molecule has 2 unspecified atom stereocenters. The number of benzene rings is 1. The molecule has 1 saturated carbocycles. The highest BCUT2D eigenvalue weighted by atomic mass is 16.5. The summed E-state index contributed by atoms with van der Waals surface area (Å²) in [4.78, 5) is 15.0. The van der Waals surface area contributed by atoms with E-state index in [2.05, 4.69) is 11.1 Å². The number of fused-ring (bicyclic) bond motifs is 1. The first-order valence-electron chi connectivity index (χ1n) is 8.23. The van der Waals surface area contributed by atoms with E-state index in [1.807, 2.05) is 0 Å². The zero-order valence-electron chi connectivity index (χ0n) is 13.2. The SMILES string of the molecule is N#Cc1ccc2c(c1)C(c1ccc[nH]c1=O)C(O)C1(CCCC1)O2. The van der Waals surface area contributed by atoms with Crippen LogP contribution in [0, 0.1) is 11.3 Å². The van der Waals surface area contributed by atoms with Gasteiger partial charge in [0.25, 0.3) is 5.56 Å². The van der Waals surface area contributed by atoms with Crippen molar-refractivity contribution in [3.8, 4) is 11.8 Å². The zero-order chi connectivity index (χ0) is 16.7. The van der Waals surface area contributed by atoms with E-state index in [0.717, 1.165) is 25.7 Å². The normalized spacial score (nSPS) is 24.2. The number of hydrogen-bond acceptors (Lipinski definition) is 4. The first-order valence-corrected chi connectivity index (χ1v) is 8.23. The molecule has 122 valence electrons. The molecule has 2 atom stereocenters. The second-order valence-electron chi connectivity index (χ2n) is 6.62. The van der Waals surface area contributed by atoms with E-state index in [0.29, 0.717) is 22.4 Å². The second kappa shape index (κ2) is 5.50. The van der Waals surface area contributed by atoms with Gasteiger partial charge in [0, 0.05) is 23.2 Å². The van der Waals surface area contributed by atoms with Crippen LogP contribution in [0.3, 0.4) is 0 Å². The van der Waals surface area contributed by atoms with Crippen LogP contribution in [-0.2, 0) is 0 Å². The standard InChI is InChI=1S/C19H18N2O3/c20-11-12-5-6-15-14(10-12)16(13-4-3-9-21-18(13)23)17(22)19(24-15)7-1-2-8-19/h3-6,9-10,16-17,22H,1-2,7-8H2,(H,21,23). The van der Waals surface area contributed by atoms with Crippen molar-refractivity contribution in [1.29, 1.82) is 5.26 Å². The van der Waals surface area contributed by atoms with Crippen LogP contribution in [-0.4, -0.2) is 21.8 Å². The van der Waals surface area contributed by atoms with Gasteiger partial charge in [0.2, 0.25) is 0 Å². The fourth-order valence-corrected chi connectivity index (χ4v) is 4.10. The van der Waals surface area contributed by atoms with Crippen LogP contribution < -0.4 is 10.3 Å². The Balaban J connectivity index is 1.94. The van der Waals surface area contributed by atoms with Gasteiger partial charge in [-0.3, -0.25) is 4.79 Å². The highest BCUT2D eigenvalue weighted by Gasteiger charge is 2.51.